The second-order valence-electron chi connectivity index (χ2n) is 6.26. The quantitative estimate of drug-likeness (QED) is 0.663. The molecule has 0 saturated carbocycles. The summed E-state index contributed by atoms with van der Waals surface area (Å²) >= 11 is 1.38. The van der Waals surface area contributed by atoms with Crippen LogP contribution in [0, 0.1) is 6.92 Å². The van der Waals surface area contributed by atoms with Crippen LogP contribution < -0.4 is 15.7 Å². The SMILES string of the molecule is Cc1cc(=O)oc2cc(OC(C)C)c(CCC(=O)Nc3nccs3)cc12. The van der Waals surface area contributed by atoms with Crippen molar-refractivity contribution in [1.82, 2.24) is 4.98 Å². The number of hydrogen-bond acceptors (Lipinski definition) is 6. The summed E-state index contributed by atoms with van der Waals surface area (Å²) < 4.78 is 11.2. The van der Waals surface area contributed by atoms with Gasteiger partial charge in [-0.3, -0.25) is 4.79 Å². The second-order valence-corrected chi connectivity index (χ2v) is 7.15. The van der Waals surface area contributed by atoms with Gasteiger partial charge in [0.05, 0.1) is 6.10 Å². The molecule has 0 bridgehead atoms. The number of anilines is 1. The normalized spacial score (nSPS) is 11.1. The predicted octanol–water partition coefficient (Wildman–Crippen LogP) is 3.92. The first kappa shape index (κ1) is 18.1. The zero-order valence-corrected chi connectivity index (χ0v) is 15.7. The van der Waals surface area contributed by atoms with Crippen molar-refractivity contribution in [3.63, 3.8) is 0 Å². The number of nitrogens with zero attached hydrogens (tertiary/aromatic N) is 1. The van der Waals surface area contributed by atoms with Crippen molar-refractivity contribution in [1.29, 1.82) is 0 Å². The number of nitrogens with one attached hydrogen (secondary N) is 1. The molecule has 3 aromatic rings. The number of amides is 1. The third-order valence-electron chi connectivity index (χ3n) is 3.80. The maximum atomic E-state index is 12.1. The van der Waals surface area contributed by atoms with Crippen LogP contribution in [0.2, 0.25) is 0 Å². The summed E-state index contributed by atoms with van der Waals surface area (Å²) in [4.78, 5) is 27.8. The topological polar surface area (TPSA) is 81.4 Å². The van der Waals surface area contributed by atoms with Crippen molar-refractivity contribution in [2.75, 3.05) is 5.32 Å². The fourth-order valence-corrected chi connectivity index (χ4v) is 3.21. The van der Waals surface area contributed by atoms with Gasteiger partial charge in [0.25, 0.3) is 0 Å². The fraction of sp³-hybridized carbons (Fsp3) is 0.316. The van der Waals surface area contributed by atoms with Crippen LogP contribution in [0.3, 0.4) is 0 Å². The van der Waals surface area contributed by atoms with Gasteiger partial charge in [-0.15, -0.1) is 11.3 Å². The van der Waals surface area contributed by atoms with E-state index in [1.165, 1.54) is 17.4 Å². The molecule has 2 heterocycles. The van der Waals surface area contributed by atoms with Crippen LogP contribution in [0.5, 0.6) is 5.75 Å². The van der Waals surface area contributed by atoms with Gasteiger partial charge in [-0.25, -0.2) is 9.78 Å². The highest BCUT2D eigenvalue weighted by Gasteiger charge is 2.14. The van der Waals surface area contributed by atoms with Gasteiger partial charge in [-0.1, -0.05) is 0 Å². The van der Waals surface area contributed by atoms with Gasteiger partial charge in [0, 0.05) is 35.5 Å². The molecule has 0 unspecified atom stereocenters. The Bertz CT molecular complexity index is 977. The standard InChI is InChI=1S/C19H20N2O4S/c1-11(2)24-15-10-16-14(12(3)8-18(23)25-16)9-13(15)4-5-17(22)21-19-20-6-7-26-19/h6-11H,4-5H2,1-3H3,(H,20,21,22). The summed E-state index contributed by atoms with van der Waals surface area (Å²) in [6, 6.07) is 5.13. The smallest absolute Gasteiger partial charge is 0.336 e. The number of carbonyl (C=O) groups is 1. The van der Waals surface area contributed by atoms with E-state index in [0.29, 0.717) is 29.3 Å². The van der Waals surface area contributed by atoms with Crippen molar-refractivity contribution in [3.05, 3.63) is 51.3 Å². The number of ether oxygens (including phenoxy) is 1. The second kappa shape index (κ2) is 7.70. The molecule has 0 aliphatic rings. The molecule has 0 aliphatic heterocycles. The average Bonchev–Trinajstić information content (AvgIpc) is 3.05. The van der Waals surface area contributed by atoms with E-state index in [-0.39, 0.29) is 17.6 Å². The first-order valence-electron chi connectivity index (χ1n) is 8.36. The predicted molar refractivity (Wildman–Crippen MR) is 102 cm³/mol. The number of hydrogen-bond donors (Lipinski definition) is 1. The molecule has 1 aromatic carbocycles. The number of carbonyl (C=O) groups excluding carboxylic acids is 1. The van der Waals surface area contributed by atoms with Crippen molar-refractivity contribution in [2.24, 2.45) is 0 Å². The van der Waals surface area contributed by atoms with E-state index in [4.69, 9.17) is 9.15 Å². The molecule has 1 N–H and O–H groups in total. The van der Waals surface area contributed by atoms with Crippen LogP contribution in [0.1, 0.15) is 31.4 Å². The molecular weight excluding hydrogens is 352 g/mol. The van der Waals surface area contributed by atoms with Gasteiger partial charge in [-0.2, -0.15) is 0 Å². The first-order chi connectivity index (χ1) is 12.4. The van der Waals surface area contributed by atoms with E-state index in [2.05, 4.69) is 10.3 Å². The van der Waals surface area contributed by atoms with Crippen LogP contribution in [-0.4, -0.2) is 17.0 Å². The van der Waals surface area contributed by atoms with Crippen LogP contribution in [0.15, 0.2) is 39.0 Å². The summed E-state index contributed by atoms with van der Waals surface area (Å²) in [6.45, 7) is 5.71. The molecule has 2 aromatic heterocycles. The molecule has 0 radical (unpaired) electrons. The minimum absolute atomic E-state index is 0.0353. The van der Waals surface area contributed by atoms with Crippen LogP contribution in [0.25, 0.3) is 11.0 Å². The fourth-order valence-electron chi connectivity index (χ4n) is 2.67. The third kappa shape index (κ3) is 4.29. The lowest BCUT2D eigenvalue weighted by molar-refractivity contribution is -0.116. The number of benzene rings is 1. The molecular formula is C19H20N2O4S. The molecule has 7 heteroatoms. The summed E-state index contributed by atoms with van der Waals surface area (Å²) in [5.41, 5.74) is 1.83. The van der Waals surface area contributed by atoms with Gasteiger partial charge in [0.2, 0.25) is 5.91 Å². The van der Waals surface area contributed by atoms with E-state index >= 15 is 0 Å². The Hall–Kier alpha value is -2.67. The highest BCUT2D eigenvalue weighted by Crippen LogP contribution is 2.29. The molecule has 3 rings (SSSR count). The van der Waals surface area contributed by atoms with Crippen LogP contribution in [-0.2, 0) is 11.2 Å². The van der Waals surface area contributed by atoms with E-state index in [9.17, 15) is 9.59 Å². The molecule has 136 valence electrons. The van der Waals surface area contributed by atoms with Gasteiger partial charge in [0.15, 0.2) is 5.13 Å². The van der Waals surface area contributed by atoms with Gasteiger partial charge < -0.3 is 14.5 Å². The van der Waals surface area contributed by atoms with E-state index in [0.717, 1.165) is 16.5 Å². The molecule has 1 amide bonds. The van der Waals surface area contributed by atoms with Crippen molar-refractivity contribution in [3.8, 4) is 5.75 Å². The van der Waals surface area contributed by atoms with Crippen LogP contribution in [0.4, 0.5) is 5.13 Å². The first-order valence-corrected chi connectivity index (χ1v) is 9.23. The third-order valence-corrected chi connectivity index (χ3v) is 4.48. The van der Waals surface area contributed by atoms with E-state index in [1.807, 2.05) is 32.2 Å². The molecule has 0 spiro atoms. The van der Waals surface area contributed by atoms with E-state index in [1.54, 1.807) is 12.3 Å². The highest BCUT2D eigenvalue weighted by molar-refractivity contribution is 7.13. The zero-order valence-electron chi connectivity index (χ0n) is 14.9. The zero-order chi connectivity index (χ0) is 18.7. The summed E-state index contributed by atoms with van der Waals surface area (Å²) in [5.74, 6) is 0.523. The van der Waals surface area contributed by atoms with Gasteiger partial charge in [-0.05, 0) is 44.4 Å². The molecule has 0 aliphatic carbocycles. The summed E-state index contributed by atoms with van der Waals surface area (Å²) in [7, 11) is 0. The lowest BCUT2D eigenvalue weighted by atomic mass is 10.0. The van der Waals surface area contributed by atoms with Crippen molar-refractivity contribution >= 4 is 33.3 Å². The monoisotopic (exact) mass is 372 g/mol. The Labute approximate surface area is 154 Å². The van der Waals surface area contributed by atoms with Gasteiger partial charge >= 0.3 is 5.63 Å². The minimum atomic E-state index is -0.388. The Morgan fingerprint density at radius 3 is 2.85 bits per heavy atom. The highest BCUT2D eigenvalue weighted by atomic mass is 32.1. The summed E-state index contributed by atoms with van der Waals surface area (Å²) in [6.07, 6.45) is 2.42. The Morgan fingerprint density at radius 1 is 1.35 bits per heavy atom. The van der Waals surface area contributed by atoms with E-state index < -0.39 is 0 Å². The Kier molecular flexibility index (Phi) is 5.37. The number of aryl methyl sites for hydroxylation is 2. The molecule has 0 saturated heterocycles. The van der Waals surface area contributed by atoms with Crippen molar-refractivity contribution in [2.45, 2.75) is 39.7 Å². The Balaban J connectivity index is 1.87. The molecule has 26 heavy (non-hydrogen) atoms. The maximum Gasteiger partial charge on any atom is 0.336 e. The number of fused-ring (bicyclic) bond motifs is 1. The molecule has 0 fully saturated rings. The molecule has 0 atom stereocenters. The summed E-state index contributed by atoms with van der Waals surface area (Å²) in [5, 5.41) is 6.02. The lowest BCUT2D eigenvalue weighted by Crippen LogP contribution is -2.13. The van der Waals surface area contributed by atoms with Gasteiger partial charge in [0.1, 0.15) is 11.3 Å². The number of aromatic nitrogens is 1. The largest absolute Gasteiger partial charge is 0.491 e. The van der Waals surface area contributed by atoms with Crippen LogP contribution >= 0.6 is 11.3 Å². The Morgan fingerprint density at radius 2 is 2.15 bits per heavy atom. The lowest BCUT2D eigenvalue weighted by Gasteiger charge is -2.15. The average molecular weight is 372 g/mol. The number of thiazole rings is 1. The minimum Gasteiger partial charge on any atom is -0.491 e. The maximum absolute atomic E-state index is 12.1. The van der Waals surface area contributed by atoms with Crippen molar-refractivity contribution < 1.29 is 13.9 Å². The molecule has 6 nitrogen and oxygen atoms in total. The number of rotatable bonds is 6.